The highest BCUT2D eigenvalue weighted by Crippen LogP contribution is 2.22. The third-order valence-corrected chi connectivity index (χ3v) is 1.67. The first-order chi connectivity index (χ1) is 5.66. The molecule has 0 saturated heterocycles. The van der Waals surface area contributed by atoms with Gasteiger partial charge >= 0.3 is 5.97 Å². The summed E-state index contributed by atoms with van der Waals surface area (Å²) in [6.07, 6.45) is 0. The second-order valence-corrected chi connectivity index (χ2v) is 2.49. The summed E-state index contributed by atoms with van der Waals surface area (Å²) >= 11 is 4.85. The summed E-state index contributed by atoms with van der Waals surface area (Å²) in [5, 5.41) is 9.34. The van der Waals surface area contributed by atoms with Gasteiger partial charge in [-0.15, -0.1) is 0 Å². The van der Waals surface area contributed by atoms with Gasteiger partial charge in [0, 0.05) is 0 Å². The number of phenols is 1. The van der Waals surface area contributed by atoms with Crippen LogP contribution in [0.5, 0.6) is 5.75 Å². The zero-order chi connectivity index (χ0) is 9.14. The molecule has 64 valence electrons. The van der Waals surface area contributed by atoms with Gasteiger partial charge in [-0.05, 0) is 18.6 Å². The number of benzene rings is 1. The molecule has 1 rings (SSSR count). The van der Waals surface area contributed by atoms with Gasteiger partial charge in [-0.25, -0.2) is 4.79 Å². The third-order valence-electron chi connectivity index (χ3n) is 1.53. The summed E-state index contributed by atoms with van der Waals surface area (Å²) in [6, 6.07) is 4.76. The van der Waals surface area contributed by atoms with Crippen molar-refractivity contribution in [1.29, 1.82) is 0 Å². The molecule has 0 atom stereocenters. The molecule has 0 aliphatic heterocycles. The normalized spacial score (nSPS) is 9.50. The van der Waals surface area contributed by atoms with Crippen LogP contribution in [0.2, 0.25) is 0 Å². The Bertz CT molecular complexity index is 309. The number of aromatic hydroxyl groups is 1. The maximum Gasteiger partial charge on any atom is 0.360 e. The minimum Gasteiger partial charge on any atom is -0.507 e. The molecule has 0 aliphatic rings. The number of hydrogen-bond donors (Lipinski definition) is 1. The van der Waals surface area contributed by atoms with E-state index in [4.69, 9.17) is 11.9 Å². The largest absolute Gasteiger partial charge is 0.507 e. The zero-order valence-corrected chi connectivity index (χ0v) is 7.13. The monoisotopic (exact) mass is 186 g/mol. The van der Waals surface area contributed by atoms with Crippen LogP contribution in [-0.2, 0) is 4.29 Å². The molecule has 0 unspecified atom stereocenters. The molecule has 4 heteroatoms. The number of rotatable bonds is 1. The molecule has 0 spiro atoms. The second kappa shape index (κ2) is 3.45. The maximum atomic E-state index is 10.9. The lowest BCUT2D eigenvalue weighted by Gasteiger charge is -2.02. The van der Waals surface area contributed by atoms with Gasteiger partial charge < -0.3 is 9.40 Å². The molecule has 0 saturated carbocycles. The van der Waals surface area contributed by atoms with Gasteiger partial charge in [0.05, 0.1) is 0 Å². The molecule has 0 aliphatic carbocycles. The van der Waals surface area contributed by atoms with Crippen LogP contribution in [0.4, 0.5) is 0 Å². The Labute approximate surface area is 74.7 Å². The Balaban J connectivity index is 3.16. The lowest BCUT2D eigenvalue weighted by molar-refractivity contribution is 0.0748. The van der Waals surface area contributed by atoms with E-state index in [0.717, 1.165) is 0 Å². The number of halogens is 1. The van der Waals surface area contributed by atoms with Crippen LogP contribution in [0.1, 0.15) is 15.9 Å². The SMILES string of the molecule is Cc1cccc(C(=O)OCl)c1O. The first kappa shape index (κ1) is 8.87. The Hall–Kier alpha value is -1.22. The van der Waals surface area contributed by atoms with Crippen molar-refractivity contribution in [2.24, 2.45) is 0 Å². The Morgan fingerprint density at radius 2 is 2.25 bits per heavy atom. The van der Waals surface area contributed by atoms with Crippen molar-refractivity contribution < 1.29 is 14.2 Å². The number of para-hydroxylation sites is 1. The van der Waals surface area contributed by atoms with Crippen LogP contribution in [-0.4, -0.2) is 11.1 Å². The van der Waals surface area contributed by atoms with Crippen molar-refractivity contribution in [3.8, 4) is 5.75 Å². The van der Waals surface area contributed by atoms with E-state index in [1.807, 2.05) is 0 Å². The first-order valence-electron chi connectivity index (χ1n) is 3.28. The molecule has 0 bridgehead atoms. The highest BCUT2D eigenvalue weighted by Gasteiger charge is 2.12. The Morgan fingerprint density at radius 1 is 1.58 bits per heavy atom. The van der Waals surface area contributed by atoms with Gasteiger partial charge in [-0.3, -0.25) is 0 Å². The van der Waals surface area contributed by atoms with E-state index in [1.54, 1.807) is 19.1 Å². The average Bonchev–Trinajstić information content (AvgIpc) is 2.08. The van der Waals surface area contributed by atoms with E-state index in [0.29, 0.717) is 5.56 Å². The van der Waals surface area contributed by atoms with Crippen molar-refractivity contribution >= 4 is 17.8 Å². The second-order valence-electron chi connectivity index (χ2n) is 2.34. The smallest absolute Gasteiger partial charge is 0.360 e. The van der Waals surface area contributed by atoms with Gasteiger partial charge in [-0.1, -0.05) is 12.1 Å². The van der Waals surface area contributed by atoms with Crippen LogP contribution in [0.25, 0.3) is 0 Å². The van der Waals surface area contributed by atoms with Gasteiger partial charge in [0.2, 0.25) is 0 Å². The lowest BCUT2D eigenvalue weighted by atomic mass is 10.1. The Kier molecular flexibility index (Phi) is 2.55. The van der Waals surface area contributed by atoms with E-state index in [2.05, 4.69) is 4.29 Å². The number of aryl methyl sites for hydroxylation is 1. The molecule has 0 aromatic heterocycles. The predicted octanol–water partition coefficient (Wildman–Crippen LogP) is 2.01. The van der Waals surface area contributed by atoms with E-state index in [1.165, 1.54) is 6.07 Å². The van der Waals surface area contributed by atoms with E-state index >= 15 is 0 Å². The number of carbonyl (C=O) groups is 1. The van der Waals surface area contributed by atoms with Crippen LogP contribution in [0, 0.1) is 6.92 Å². The van der Waals surface area contributed by atoms with Gasteiger partial charge in [0.15, 0.2) is 0 Å². The van der Waals surface area contributed by atoms with E-state index in [9.17, 15) is 9.90 Å². The summed E-state index contributed by atoms with van der Waals surface area (Å²) < 4.78 is 3.95. The first-order valence-corrected chi connectivity index (χ1v) is 3.59. The summed E-state index contributed by atoms with van der Waals surface area (Å²) in [4.78, 5) is 10.9. The van der Waals surface area contributed by atoms with Crippen LogP contribution >= 0.6 is 11.9 Å². The fraction of sp³-hybridized carbons (Fsp3) is 0.125. The molecule has 1 aromatic rings. The number of hydrogen-bond acceptors (Lipinski definition) is 3. The number of carbonyl (C=O) groups excluding carboxylic acids is 1. The van der Waals surface area contributed by atoms with Crippen LogP contribution in [0.15, 0.2) is 18.2 Å². The van der Waals surface area contributed by atoms with Crippen LogP contribution < -0.4 is 0 Å². The van der Waals surface area contributed by atoms with E-state index in [-0.39, 0.29) is 11.3 Å². The summed E-state index contributed by atoms with van der Waals surface area (Å²) in [5.74, 6) is -0.846. The topological polar surface area (TPSA) is 46.5 Å². The predicted molar refractivity (Wildman–Crippen MR) is 44.1 cm³/mol. The summed E-state index contributed by atoms with van der Waals surface area (Å²) in [6.45, 7) is 1.68. The molecule has 0 amide bonds. The highest BCUT2D eigenvalue weighted by molar-refractivity contribution is 6.16. The molecule has 1 N–H and O–H groups in total. The number of phenolic OH excluding ortho intramolecular Hbond substituents is 1. The molecular weight excluding hydrogens is 180 g/mol. The molecule has 0 fully saturated rings. The highest BCUT2D eigenvalue weighted by atomic mass is 35.5. The molecule has 1 aromatic carbocycles. The standard InChI is InChI=1S/C8H7ClO3/c1-5-3-2-4-6(7(5)10)8(11)12-9/h2-4,10H,1H3. The van der Waals surface area contributed by atoms with E-state index < -0.39 is 5.97 Å². The molecule has 0 radical (unpaired) electrons. The van der Waals surface area contributed by atoms with Crippen molar-refractivity contribution in [2.45, 2.75) is 6.92 Å². The molecular formula is C8H7ClO3. The molecule has 0 heterocycles. The van der Waals surface area contributed by atoms with Crippen molar-refractivity contribution in [3.05, 3.63) is 29.3 Å². The Morgan fingerprint density at radius 3 is 2.83 bits per heavy atom. The van der Waals surface area contributed by atoms with Crippen LogP contribution in [0.3, 0.4) is 0 Å². The fourth-order valence-corrected chi connectivity index (χ4v) is 0.948. The summed E-state index contributed by atoms with van der Waals surface area (Å²) in [7, 11) is 0. The van der Waals surface area contributed by atoms with Crippen molar-refractivity contribution in [1.82, 2.24) is 0 Å². The van der Waals surface area contributed by atoms with Gasteiger partial charge in [-0.2, -0.15) is 0 Å². The molecule has 3 nitrogen and oxygen atoms in total. The quantitative estimate of drug-likeness (QED) is 0.730. The zero-order valence-electron chi connectivity index (χ0n) is 6.37. The average molecular weight is 187 g/mol. The maximum absolute atomic E-state index is 10.9. The summed E-state index contributed by atoms with van der Waals surface area (Å²) in [5.41, 5.74) is 0.680. The van der Waals surface area contributed by atoms with Gasteiger partial charge in [0.25, 0.3) is 0 Å². The lowest BCUT2D eigenvalue weighted by Crippen LogP contribution is -1.98. The van der Waals surface area contributed by atoms with Crippen molar-refractivity contribution in [2.75, 3.05) is 0 Å². The van der Waals surface area contributed by atoms with Gasteiger partial charge in [0.1, 0.15) is 23.2 Å². The fourth-order valence-electron chi connectivity index (χ4n) is 0.865. The molecule has 12 heavy (non-hydrogen) atoms. The minimum absolute atomic E-state index is 0.0741. The van der Waals surface area contributed by atoms with Crippen molar-refractivity contribution in [3.63, 3.8) is 0 Å². The minimum atomic E-state index is -0.752. The third kappa shape index (κ3) is 1.51.